The van der Waals surface area contributed by atoms with Crippen molar-refractivity contribution < 1.29 is 9.59 Å². The van der Waals surface area contributed by atoms with E-state index in [1.165, 1.54) is 11.8 Å². The van der Waals surface area contributed by atoms with Crippen LogP contribution in [0.3, 0.4) is 0 Å². The Morgan fingerprint density at radius 2 is 1.76 bits per heavy atom. The number of nitrogen functional groups attached to an aromatic ring is 1. The molecule has 2 rings (SSSR count). The van der Waals surface area contributed by atoms with E-state index in [2.05, 4.69) is 10.6 Å². The second-order valence-corrected chi connectivity index (χ2v) is 7.26. The van der Waals surface area contributed by atoms with Gasteiger partial charge < -0.3 is 16.4 Å². The van der Waals surface area contributed by atoms with E-state index in [4.69, 9.17) is 5.73 Å². The summed E-state index contributed by atoms with van der Waals surface area (Å²) in [5.41, 5.74) is 9.87. The van der Waals surface area contributed by atoms with Crippen LogP contribution in [0.15, 0.2) is 42.5 Å². The molecule has 0 aromatic heterocycles. The lowest BCUT2D eigenvalue weighted by molar-refractivity contribution is -0.115. The first-order valence-electron chi connectivity index (χ1n) is 8.00. The predicted molar refractivity (Wildman–Crippen MR) is 106 cm³/mol. The van der Waals surface area contributed by atoms with E-state index >= 15 is 0 Å². The van der Waals surface area contributed by atoms with Crippen LogP contribution in [0.2, 0.25) is 0 Å². The zero-order valence-electron chi connectivity index (χ0n) is 14.6. The Balaban J connectivity index is 1.83. The van der Waals surface area contributed by atoms with Gasteiger partial charge in [-0.25, -0.2) is 0 Å². The highest BCUT2D eigenvalue weighted by Gasteiger charge is 2.16. The number of carbonyl (C=O) groups is 2. The highest BCUT2D eigenvalue weighted by Crippen LogP contribution is 2.20. The van der Waals surface area contributed by atoms with Gasteiger partial charge in [-0.2, -0.15) is 0 Å². The van der Waals surface area contributed by atoms with Crippen LogP contribution in [-0.2, 0) is 9.59 Å². The van der Waals surface area contributed by atoms with Crippen molar-refractivity contribution in [3.05, 3.63) is 53.6 Å². The van der Waals surface area contributed by atoms with Gasteiger partial charge in [0.1, 0.15) is 0 Å². The van der Waals surface area contributed by atoms with Crippen molar-refractivity contribution in [2.45, 2.75) is 26.0 Å². The quantitative estimate of drug-likeness (QED) is 0.690. The van der Waals surface area contributed by atoms with E-state index in [0.717, 1.165) is 16.8 Å². The summed E-state index contributed by atoms with van der Waals surface area (Å²) in [6.07, 6.45) is 0. The van der Waals surface area contributed by atoms with Crippen LogP contribution in [0.4, 0.5) is 17.1 Å². The fraction of sp³-hybridized carbons (Fsp3) is 0.263. The second-order valence-electron chi connectivity index (χ2n) is 5.93. The van der Waals surface area contributed by atoms with Crippen molar-refractivity contribution >= 4 is 40.6 Å². The lowest BCUT2D eigenvalue weighted by atomic mass is 10.2. The van der Waals surface area contributed by atoms with Gasteiger partial charge in [-0.15, -0.1) is 11.8 Å². The van der Waals surface area contributed by atoms with Gasteiger partial charge in [-0.3, -0.25) is 9.59 Å². The van der Waals surface area contributed by atoms with E-state index in [-0.39, 0.29) is 22.8 Å². The summed E-state index contributed by atoms with van der Waals surface area (Å²) < 4.78 is 0. The van der Waals surface area contributed by atoms with Gasteiger partial charge in [0, 0.05) is 17.1 Å². The Morgan fingerprint density at radius 3 is 2.44 bits per heavy atom. The first kappa shape index (κ1) is 18.9. The molecule has 132 valence electrons. The number of carbonyl (C=O) groups excluding carboxylic acids is 2. The lowest BCUT2D eigenvalue weighted by Gasteiger charge is -2.14. The number of nitrogens with two attached hydrogens (primary N) is 1. The molecular formula is C19H23N3O2S. The predicted octanol–water partition coefficient (Wildman–Crippen LogP) is 3.58. The fourth-order valence-corrected chi connectivity index (χ4v) is 2.80. The molecule has 0 bridgehead atoms. The number of nitrogens with one attached hydrogen (secondary N) is 2. The van der Waals surface area contributed by atoms with Gasteiger partial charge in [-0.05, 0) is 50.6 Å². The molecule has 0 heterocycles. The zero-order valence-corrected chi connectivity index (χ0v) is 15.4. The van der Waals surface area contributed by atoms with Gasteiger partial charge in [-0.1, -0.05) is 23.8 Å². The second kappa shape index (κ2) is 8.58. The summed E-state index contributed by atoms with van der Waals surface area (Å²) in [7, 11) is 0. The number of hydrogen-bond donors (Lipinski definition) is 3. The maximum Gasteiger partial charge on any atom is 0.237 e. The molecule has 0 fully saturated rings. The van der Waals surface area contributed by atoms with Crippen LogP contribution in [-0.4, -0.2) is 22.8 Å². The molecule has 0 aliphatic heterocycles. The van der Waals surface area contributed by atoms with E-state index < -0.39 is 0 Å². The highest BCUT2D eigenvalue weighted by atomic mass is 32.2. The Hall–Kier alpha value is -2.47. The molecule has 6 heteroatoms. The van der Waals surface area contributed by atoms with Gasteiger partial charge in [0.05, 0.1) is 11.0 Å². The van der Waals surface area contributed by atoms with E-state index in [9.17, 15) is 9.59 Å². The van der Waals surface area contributed by atoms with Crippen LogP contribution in [0.5, 0.6) is 0 Å². The number of aryl methyl sites for hydroxylation is 2. The molecule has 0 radical (unpaired) electrons. The largest absolute Gasteiger partial charge is 0.399 e. The van der Waals surface area contributed by atoms with Crippen LogP contribution in [0.1, 0.15) is 18.1 Å². The molecule has 0 aliphatic rings. The molecule has 2 aromatic rings. The first-order chi connectivity index (χ1) is 11.8. The van der Waals surface area contributed by atoms with Gasteiger partial charge in [0.2, 0.25) is 11.8 Å². The molecule has 25 heavy (non-hydrogen) atoms. The molecular weight excluding hydrogens is 334 g/mol. The topological polar surface area (TPSA) is 84.2 Å². The number of hydrogen-bond acceptors (Lipinski definition) is 4. The van der Waals surface area contributed by atoms with Gasteiger partial charge in [0.15, 0.2) is 0 Å². The van der Waals surface area contributed by atoms with E-state index in [1.807, 2.05) is 44.2 Å². The molecule has 5 nitrogen and oxygen atoms in total. The minimum atomic E-state index is -0.357. The number of thioether (sulfide) groups is 1. The van der Waals surface area contributed by atoms with Crippen molar-refractivity contribution in [1.82, 2.24) is 0 Å². The van der Waals surface area contributed by atoms with Crippen LogP contribution in [0, 0.1) is 13.8 Å². The SMILES string of the molecule is Cc1ccc(NC(=O)CSC(C)C(=O)Nc2cc(N)ccc2C)cc1. The van der Waals surface area contributed by atoms with Crippen LogP contribution in [0.25, 0.3) is 0 Å². The van der Waals surface area contributed by atoms with Gasteiger partial charge >= 0.3 is 0 Å². The molecule has 2 aromatic carbocycles. The average Bonchev–Trinajstić information content (AvgIpc) is 2.58. The third kappa shape index (κ3) is 5.83. The molecule has 0 aliphatic carbocycles. The summed E-state index contributed by atoms with van der Waals surface area (Å²) in [5, 5.41) is 5.32. The summed E-state index contributed by atoms with van der Waals surface area (Å²) in [4.78, 5) is 24.3. The first-order valence-corrected chi connectivity index (χ1v) is 9.05. The Bertz CT molecular complexity index is 760. The standard InChI is InChI=1S/C19H23N3O2S/c1-12-4-8-16(9-5-12)21-18(23)11-25-14(3)19(24)22-17-10-15(20)7-6-13(17)2/h4-10,14H,11,20H2,1-3H3,(H,21,23)(H,22,24). The maximum absolute atomic E-state index is 12.3. The Labute approximate surface area is 152 Å². The molecule has 0 spiro atoms. The van der Waals surface area contributed by atoms with Crippen molar-refractivity contribution in [3.8, 4) is 0 Å². The monoisotopic (exact) mass is 357 g/mol. The van der Waals surface area contributed by atoms with Crippen molar-refractivity contribution in [2.75, 3.05) is 22.1 Å². The molecule has 0 saturated heterocycles. The minimum Gasteiger partial charge on any atom is -0.399 e. The van der Waals surface area contributed by atoms with Crippen molar-refractivity contribution in [3.63, 3.8) is 0 Å². The number of amides is 2. The molecule has 2 amide bonds. The van der Waals surface area contributed by atoms with E-state index in [1.54, 1.807) is 19.1 Å². The normalized spacial score (nSPS) is 11.6. The minimum absolute atomic E-state index is 0.131. The molecule has 1 unspecified atom stereocenters. The molecule has 1 atom stereocenters. The Morgan fingerprint density at radius 1 is 1.08 bits per heavy atom. The molecule has 0 saturated carbocycles. The Kier molecular flexibility index (Phi) is 6.47. The smallest absolute Gasteiger partial charge is 0.237 e. The lowest BCUT2D eigenvalue weighted by Crippen LogP contribution is -2.25. The van der Waals surface area contributed by atoms with Crippen LogP contribution < -0.4 is 16.4 Å². The van der Waals surface area contributed by atoms with Crippen LogP contribution >= 0.6 is 11.8 Å². The van der Waals surface area contributed by atoms with E-state index in [0.29, 0.717) is 11.4 Å². The van der Waals surface area contributed by atoms with Crippen molar-refractivity contribution in [1.29, 1.82) is 0 Å². The maximum atomic E-state index is 12.3. The average molecular weight is 357 g/mol. The highest BCUT2D eigenvalue weighted by molar-refractivity contribution is 8.01. The van der Waals surface area contributed by atoms with Gasteiger partial charge in [0.25, 0.3) is 0 Å². The summed E-state index contributed by atoms with van der Waals surface area (Å²) in [5.74, 6) is -0.0752. The summed E-state index contributed by atoms with van der Waals surface area (Å²) in [6.45, 7) is 5.67. The summed E-state index contributed by atoms with van der Waals surface area (Å²) in [6, 6.07) is 13.0. The third-order valence-electron chi connectivity index (χ3n) is 3.69. The molecule has 4 N–H and O–H groups in total. The number of benzene rings is 2. The summed E-state index contributed by atoms with van der Waals surface area (Å²) >= 11 is 1.29. The zero-order chi connectivity index (χ0) is 18.4. The fourth-order valence-electron chi connectivity index (χ4n) is 2.12. The third-order valence-corrected chi connectivity index (χ3v) is 4.83. The number of anilines is 3. The van der Waals surface area contributed by atoms with Crippen molar-refractivity contribution in [2.24, 2.45) is 0 Å². The number of rotatable bonds is 6.